The summed E-state index contributed by atoms with van der Waals surface area (Å²) in [5, 5.41) is 7.30. The van der Waals surface area contributed by atoms with Gasteiger partial charge < -0.3 is 5.32 Å². The minimum Gasteiger partial charge on any atom is -0.308 e. The van der Waals surface area contributed by atoms with Crippen LogP contribution in [-0.4, -0.2) is 15.3 Å². The highest BCUT2D eigenvalue weighted by Crippen LogP contribution is 2.23. The van der Waals surface area contributed by atoms with Crippen LogP contribution in [0, 0.1) is 6.92 Å². The Morgan fingerprint density at radius 2 is 2.04 bits per heavy atom. The van der Waals surface area contributed by atoms with Crippen LogP contribution in [-0.2, 0) is 11.2 Å². The number of nitrogens with zero attached hydrogens (tertiary/aromatic N) is 2. The molecule has 1 amide bonds. The van der Waals surface area contributed by atoms with Gasteiger partial charge in [-0.05, 0) is 23.3 Å². The third-order valence-electron chi connectivity index (χ3n) is 3.88. The molecule has 4 rings (SSSR count). The van der Waals surface area contributed by atoms with Crippen LogP contribution in [0.15, 0.2) is 54.2 Å². The van der Waals surface area contributed by atoms with Crippen molar-refractivity contribution in [2.75, 3.05) is 5.32 Å². The molecule has 2 aromatic carbocycles. The van der Waals surface area contributed by atoms with Gasteiger partial charge in [0, 0.05) is 11.1 Å². The number of thiazole rings is 1. The fourth-order valence-electron chi connectivity index (χ4n) is 2.70. The summed E-state index contributed by atoms with van der Waals surface area (Å²) in [6.07, 6.45) is 2.08. The summed E-state index contributed by atoms with van der Waals surface area (Å²) in [5.74, 6) is 0.584. The zero-order valence-corrected chi connectivity index (χ0v) is 13.4. The standard InChI is InChI=1S/C18H15N3OS/c1-12-10-23-18-17(19-11-21(12)18)20-16(22)9-13-6-7-14-4-2-3-5-15(14)8-13/h2-8,10-11H,9H2,1H3,(H,20,22). The molecule has 1 N–H and O–H groups in total. The van der Waals surface area contributed by atoms with Gasteiger partial charge in [0.25, 0.3) is 0 Å². The van der Waals surface area contributed by atoms with Crippen LogP contribution < -0.4 is 5.32 Å². The molecular weight excluding hydrogens is 306 g/mol. The lowest BCUT2D eigenvalue weighted by atomic mass is 10.1. The first-order valence-corrected chi connectivity index (χ1v) is 8.27. The molecule has 0 saturated heterocycles. The van der Waals surface area contributed by atoms with Crippen LogP contribution >= 0.6 is 11.3 Å². The average molecular weight is 321 g/mol. The van der Waals surface area contributed by atoms with E-state index in [0.717, 1.165) is 21.5 Å². The number of fused-ring (bicyclic) bond motifs is 2. The minimum atomic E-state index is -0.0491. The molecular formula is C18H15N3OS. The van der Waals surface area contributed by atoms with Crippen molar-refractivity contribution in [3.63, 3.8) is 0 Å². The Labute approximate surface area is 137 Å². The van der Waals surface area contributed by atoms with Crippen molar-refractivity contribution in [1.82, 2.24) is 9.38 Å². The number of hydrogen-bond donors (Lipinski definition) is 1. The Kier molecular flexibility index (Phi) is 3.35. The zero-order valence-electron chi connectivity index (χ0n) is 12.6. The Balaban J connectivity index is 1.54. The second kappa shape index (κ2) is 5.52. The summed E-state index contributed by atoms with van der Waals surface area (Å²) >= 11 is 1.58. The number of carbonyl (C=O) groups is 1. The van der Waals surface area contributed by atoms with E-state index in [2.05, 4.69) is 39.9 Å². The maximum Gasteiger partial charge on any atom is 0.230 e. The largest absolute Gasteiger partial charge is 0.308 e. The van der Waals surface area contributed by atoms with Gasteiger partial charge in [-0.25, -0.2) is 4.98 Å². The summed E-state index contributed by atoms with van der Waals surface area (Å²) in [6.45, 7) is 2.02. The fraction of sp³-hybridized carbons (Fsp3) is 0.111. The summed E-state index contributed by atoms with van der Waals surface area (Å²) in [7, 11) is 0. The molecule has 0 bridgehead atoms. The molecule has 23 heavy (non-hydrogen) atoms. The summed E-state index contributed by atoms with van der Waals surface area (Å²) in [6, 6.07) is 14.3. The number of rotatable bonds is 3. The molecule has 0 fully saturated rings. The first kappa shape index (κ1) is 14.0. The zero-order chi connectivity index (χ0) is 15.8. The van der Waals surface area contributed by atoms with Crippen molar-refractivity contribution in [3.8, 4) is 0 Å². The van der Waals surface area contributed by atoms with Crippen molar-refractivity contribution >= 4 is 38.7 Å². The second-order valence-electron chi connectivity index (χ2n) is 5.55. The Bertz CT molecular complexity index is 1020. The average Bonchev–Trinajstić information content (AvgIpc) is 3.11. The maximum atomic E-state index is 12.3. The summed E-state index contributed by atoms with van der Waals surface area (Å²) in [4.78, 5) is 17.6. The number of amides is 1. The van der Waals surface area contributed by atoms with Crippen LogP contribution in [0.5, 0.6) is 0 Å². The van der Waals surface area contributed by atoms with E-state index in [-0.39, 0.29) is 5.91 Å². The van der Waals surface area contributed by atoms with E-state index in [1.54, 1.807) is 17.7 Å². The van der Waals surface area contributed by atoms with Crippen LogP contribution in [0.4, 0.5) is 5.82 Å². The number of imidazole rings is 1. The molecule has 4 aromatic rings. The first-order valence-electron chi connectivity index (χ1n) is 7.39. The van der Waals surface area contributed by atoms with Gasteiger partial charge >= 0.3 is 0 Å². The van der Waals surface area contributed by atoms with Gasteiger partial charge in [0.15, 0.2) is 5.82 Å². The molecule has 2 aromatic heterocycles. The second-order valence-corrected chi connectivity index (χ2v) is 6.41. The molecule has 114 valence electrons. The smallest absolute Gasteiger partial charge is 0.230 e. The van der Waals surface area contributed by atoms with E-state index < -0.39 is 0 Å². The third kappa shape index (κ3) is 2.59. The number of nitrogens with one attached hydrogen (secondary N) is 1. The Morgan fingerprint density at radius 1 is 1.22 bits per heavy atom. The van der Waals surface area contributed by atoms with E-state index in [0.29, 0.717) is 12.2 Å². The number of carbonyl (C=O) groups excluding carboxylic acids is 1. The number of aromatic nitrogens is 2. The Hall–Kier alpha value is -2.66. The van der Waals surface area contributed by atoms with Gasteiger partial charge in [-0.15, -0.1) is 11.3 Å². The first-order chi connectivity index (χ1) is 11.2. The lowest BCUT2D eigenvalue weighted by molar-refractivity contribution is -0.115. The van der Waals surface area contributed by atoms with Crippen LogP contribution in [0.25, 0.3) is 15.6 Å². The fourth-order valence-corrected chi connectivity index (χ4v) is 3.61. The van der Waals surface area contributed by atoms with E-state index in [1.165, 1.54) is 5.39 Å². The van der Waals surface area contributed by atoms with E-state index >= 15 is 0 Å². The van der Waals surface area contributed by atoms with E-state index in [1.807, 2.05) is 29.5 Å². The number of anilines is 1. The number of benzene rings is 2. The third-order valence-corrected chi connectivity index (χ3v) is 4.95. The molecule has 0 spiro atoms. The lowest BCUT2D eigenvalue weighted by Crippen LogP contribution is -2.14. The normalized spacial score (nSPS) is 11.2. The molecule has 0 saturated carbocycles. The quantitative estimate of drug-likeness (QED) is 0.619. The van der Waals surface area contributed by atoms with Crippen LogP contribution in [0.2, 0.25) is 0 Å². The van der Waals surface area contributed by atoms with Gasteiger partial charge in [-0.1, -0.05) is 42.5 Å². The van der Waals surface area contributed by atoms with Crippen LogP contribution in [0.3, 0.4) is 0 Å². The van der Waals surface area contributed by atoms with Gasteiger partial charge in [0.05, 0.1) is 6.42 Å². The van der Waals surface area contributed by atoms with Gasteiger partial charge in [0.1, 0.15) is 11.2 Å². The van der Waals surface area contributed by atoms with Gasteiger partial charge in [-0.3, -0.25) is 9.20 Å². The van der Waals surface area contributed by atoms with Crippen molar-refractivity contribution in [1.29, 1.82) is 0 Å². The molecule has 2 heterocycles. The lowest BCUT2D eigenvalue weighted by Gasteiger charge is -2.04. The predicted octanol–water partition coefficient (Wildman–Crippen LogP) is 4.04. The van der Waals surface area contributed by atoms with Crippen molar-refractivity contribution in [2.24, 2.45) is 0 Å². The van der Waals surface area contributed by atoms with E-state index in [4.69, 9.17) is 0 Å². The van der Waals surface area contributed by atoms with Crippen molar-refractivity contribution < 1.29 is 4.79 Å². The molecule has 0 radical (unpaired) electrons. The van der Waals surface area contributed by atoms with Gasteiger partial charge in [-0.2, -0.15) is 0 Å². The van der Waals surface area contributed by atoms with E-state index in [9.17, 15) is 4.79 Å². The number of hydrogen-bond acceptors (Lipinski definition) is 3. The molecule has 0 aliphatic heterocycles. The summed E-state index contributed by atoms with van der Waals surface area (Å²) in [5.41, 5.74) is 2.12. The summed E-state index contributed by atoms with van der Waals surface area (Å²) < 4.78 is 1.98. The molecule has 4 nitrogen and oxygen atoms in total. The monoisotopic (exact) mass is 321 g/mol. The number of aryl methyl sites for hydroxylation is 1. The van der Waals surface area contributed by atoms with Crippen molar-refractivity contribution in [2.45, 2.75) is 13.3 Å². The minimum absolute atomic E-state index is 0.0491. The Morgan fingerprint density at radius 3 is 2.91 bits per heavy atom. The molecule has 5 heteroatoms. The highest BCUT2D eigenvalue weighted by Gasteiger charge is 2.11. The van der Waals surface area contributed by atoms with Crippen LogP contribution in [0.1, 0.15) is 11.3 Å². The molecule has 0 unspecified atom stereocenters. The molecule has 0 aliphatic carbocycles. The molecule has 0 atom stereocenters. The predicted molar refractivity (Wildman–Crippen MR) is 94.1 cm³/mol. The van der Waals surface area contributed by atoms with Gasteiger partial charge in [0.2, 0.25) is 5.91 Å². The van der Waals surface area contributed by atoms with Crippen molar-refractivity contribution in [3.05, 3.63) is 65.4 Å². The highest BCUT2D eigenvalue weighted by molar-refractivity contribution is 7.16. The highest BCUT2D eigenvalue weighted by atomic mass is 32.1. The SMILES string of the molecule is Cc1csc2c(NC(=O)Cc3ccc4ccccc4c3)ncn12. The molecule has 0 aliphatic rings. The topological polar surface area (TPSA) is 46.4 Å². The maximum absolute atomic E-state index is 12.3.